The minimum atomic E-state index is -4.10. The van der Waals surface area contributed by atoms with Gasteiger partial charge in [-0.15, -0.1) is 10.2 Å². The van der Waals surface area contributed by atoms with Gasteiger partial charge in [-0.1, -0.05) is 0 Å². The minimum Gasteiger partial charge on any atom is -0.479 e. The van der Waals surface area contributed by atoms with E-state index < -0.39 is 33.3 Å². The van der Waals surface area contributed by atoms with Crippen LogP contribution in [-0.2, 0) is 19.5 Å². The Morgan fingerprint density at radius 3 is 2.38 bits per heavy atom. The van der Waals surface area contributed by atoms with Gasteiger partial charge in [0.05, 0.1) is 32.7 Å². The van der Waals surface area contributed by atoms with E-state index in [1.807, 2.05) is 0 Å². The number of aromatic nitrogens is 7. The smallest absolute Gasteiger partial charge is 0.245 e. The highest BCUT2D eigenvalue weighted by atomic mass is 32.2. The largest absolute Gasteiger partial charge is 0.479 e. The minimum absolute atomic E-state index is 0.0364. The quantitative estimate of drug-likeness (QED) is 0.389. The summed E-state index contributed by atoms with van der Waals surface area (Å²) in [5.41, 5.74) is 0.218. The molecule has 5 rings (SSSR count). The van der Waals surface area contributed by atoms with Crippen molar-refractivity contribution in [2.45, 2.75) is 36.7 Å². The number of rotatable bonds is 9. The summed E-state index contributed by atoms with van der Waals surface area (Å²) in [5, 5.41) is 7.46. The fraction of sp³-hybridized carbons (Fsp3) is 0.545. The molecule has 1 N–H and O–H groups in total. The van der Waals surface area contributed by atoms with Crippen LogP contribution >= 0.6 is 0 Å². The molecule has 0 bridgehead atoms. The lowest BCUT2D eigenvalue weighted by Gasteiger charge is -2.36. The van der Waals surface area contributed by atoms with Crippen LogP contribution in [0.2, 0.25) is 0 Å². The van der Waals surface area contributed by atoms with Crippen molar-refractivity contribution in [3.63, 3.8) is 0 Å². The first-order chi connectivity index (χ1) is 18.8. The monoisotopic (exact) mass is 565 g/mol. The van der Waals surface area contributed by atoms with Gasteiger partial charge in [0.25, 0.3) is 0 Å². The maximum atomic E-state index is 13.8. The van der Waals surface area contributed by atoms with Gasteiger partial charge in [0.2, 0.25) is 33.7 Å². The molecule has 2 aliphatic rings. The number of nitrogens with zero attached hydrogens (tertiary/aromatic N) is 8. The molecule has 2 saturated heterocycles. The van der Waals surface area contributed by atoms with Crippen LogP contribution in [-0.4, -0.2) is 95.5 Å². The number of anilines is 2. The van der Waals surface area contributed by atoms with E-state index in [-0.39, 0.29) is 42.3 Å². The third-order valence-corrected chi connectivity index (χ3v) is 8.23. The highest BCUT2D eigenvalue weighted by Crippen LogP contribution is 2.37. The molecule has 5 heterocycles. The SMILES string of the molecule is COc1ncnc(OC)c1-n1c(NS(=O)(=O)[C@@H]2C[C@H](OC)CN(c3ncc(F)cn3)C2)nnc1[C@@H]1CCCO1. The zero-order valence-electron chi connectivity index (χ0n) is 21.5. The summed E-state index contributed by atoms with van der Waals surface area (Å²) in [6, 6.07) is 0. The van der Waals surface area contributed by atoms with Crippen molar-refractivity contribution in [1.29, 1.82) is 0 Å². The van der Waals surface area contributed by atoms with Gasteiger partial charge < -0.3 is 23.8 Å². The van der Waals surface area contributed by atoms with E-state index in [1.54, 1.807) is 4.90 Å². The molecule has 0 radical (unpaired) electrons. The Hall–Kier alpha value is -3.70. The lowest BCUT2D eigenvalue weighted by atomic mass is 10.1. The topological polar surface area (TPSA) is 169 Å². The zero-order chi connectivity index (χ0) is 27.6. The fourth-order valence-corrected chi connectivity index (χ4v) is 6.05. The van der Waals surface area contributed by atoms with Gasteiger partial charge in [0, 0.05) is 26.8 Å². The summed E-state index contributed by atoms with van der Waals surface area (Å²) in [5.74, 6) is 0.0728. The molecule has 3 atom stereocenters. The van der Waals surface area contributed by atoms with Crippen LogP contribution in [0.25, 0.3) is 5.69 Å². The van der Waals surface area contributed by atoms with Crippen LogP contribution in [0, 0.1) is 5.82 Å². The Morgan fingerprint density at radius 2 is 1.77 bits per heavy atom. The van der Waals surface area contributed by atoms with E-state index in [0.717, 1.165) is 18.8 Å². The van der Waals surface area contributed by atoms with Crippen molar-refractivity contribution in [2.24, 2.45) is 0 Å². The predicted molar refractivity (Wildman–Crippen MR) is 134 cm³/mol. The maximum Gasteiger partial charge on any atom is 0.245 e. The molecule has 0 amide bonds. The Morgan fingerprint density at radius 1 is 1.05 bits per heavy atom. The van der Waals surface area contributed by atoms with E-state index in [4.69, 9.17) is 18.9 Å². The maximum absolute atomic E-state index is 13.8. The average molecular weight is 566 g/mol. The van der Waals surface area contributed by atoms with Crippen LogP contribution < -0.4 is 19.1 Å². The molecule has 2 aliphatic heterocycles. The van der Waals surface area contributed by atoms with Crippen LogP contribution in [0.1, 0.15) is 31.2 Å². The zero-order valence-corrected chi connectivity index (χ0v) is 22.3. The summed E-state index contributed by atoms with van der Waals surface area (Å²) in [4.78, 5) is 17.9. The van der Waals surface area contributed by atoms with Gasteiger partial charge in [0.1, 0.15) is 17.7 Å². The molecule has 0 unspecified atom stereocenters. The second-order valence-electron chi connectivity index (χ2n) is 8.93. The van der Waals surface area contributed by atoms with Gasteiger partial charge in [-0.3, -0.25) is 9.29 Å². The summed E-state index contributed by atoms with van der Waals surface area (Å²) in [6.45, 7) is 0.901. The number of halogens is 1. The lowest BCUT2D eigenvalue weighted by molar-refractivity contribution is 0.0898. The standard InChI is InChI=1S/C22H28FN9O6S/c1-35-14-7-15(11-31(10-14)21-24-8-13(23)9-25-21)39(33,34)30-22-29-28-18(16-5-4-6-38-16)32(22)17-19(36-2)26-12-27-20(17)37-3/h8-9,12,14-16H,4-7,10-11H2,1-3H3,(H,29,30)/t14-,15+,16-/m0/s1. The normalized spacial score (nSPS) is 21.6. The van der Waals surface area contributed by atoms with E-state index >= 15 is 0 Å². The van der Waals surface area contributed by atoms with Crippen LogP contribution in [0.15, 0.2) is 18.7 Å². The number of ether oxygens (including phenoxy) is 4. The van der Waals surface area contributed by atoms with Crippen molar-refractivity contribution in [1.82, 2.24) is 34.7 Å². The van der Waals surface area contributed by atoms with Gasteiger partial charge in [0.15, 0.2) is 17.3 Å². The van der Waals surface area contributed by atoms with Gasteiger partial charge >= 0.3 is 0 Å². The Bertz CT molecular complexity index is 1380. The second kappa shape index (κ2) is 11.2. The van der Waals surface area contributed by atoms with Crippen molar-refractivity contribution in [3.05, 3.63) is 30.4 Å². The average Bonchev–Trinajstić information content (AvgIpc) is 3.62. The number of hydrogen-bond donors (Lipinski definition) is 1. The molecule has 0 aromatic carbocycles. The fourth-order valence-electron chi connectivity index (χ4n) is 4.66. The lowest BCUT2D eigenvalue weighted by Crippen LogP contribution is -2.51. The van der Waals surface area contributed by atoms with Gasteiger partial charge in [-0.25, -0.2) is 22.8 Å². The highest BCUT2D eigenvalue weighted by Gasteiger charge is 2.39. The van der Waals surface area contributed by atoms with Crippen LogP contribution in [0.3, 0.4) is 0 Å². The molecule has 0 spiro atoms. The van der Waals surface area contributed by atoms with Crippen molar-refractivity contribution in [2.75, 3.05) is 50.6 Å². The first-order valence-corrected chi connectivity index (χ1v) is 13.7. The highest BCUT2D eigenvalue weighted by molar-refractivity contribution is 7.93. The number of piperidine rings is 1. The molecule has 3 aromatic rings. The van der Waals surface area contributed by atoms with E-state index in [0.29, 0.717) is 25.4 Å². The van der Waals surface area contributed by atoms with Gasteiger partial charge in [-0.2, -0.15) is 9.97 Å². The number of methoxy groups -OCH3 is 3. The Kier molecular flexibility index (Phi) is 7.72. The molecule has 17 heteroatoms. The molecule has 2 fully saturated rings. The first-order valence-electron chi connectivity index (χ1n) is 12.1. The summed E-state index contributed by atoms with van der Waals surface area (Å²) >= 11 is 0. The van der Waals surface area contributed by atoms with E-state index in [9.17, 15) is 12.8 Å². The third kappa shape index (κ3) is 5.41. The molecule has 0 aliphatic carbocycles. The predicted octanol–water partition coefficient (Wildman–Crippen LogP) is 0.891. The molecule has 15 nitrogen and oxygen atoms in total. The van der Waals surface area contributed by atoms with Crippen LogP contribution in [0.4, 0.5) is 16.3 Å². The Balaban J connectivity index is 1.52. The summed E-state index contributed by atoms with van der Waals surface area (Å²) < 4.78 is 67.2. The molecular formula is C22H28FN9O6S. The number of nitrogens with one attached hydrogen (secondary N) is 1. The van der Waals surface area contributed by atoms with Crippen molar-refractivity contribution in [3.8, 4) is 17.4 Å². The number of sulfonamides is 1. The Labute approximate surface area is 223 Å². The van der Waals surface area contributed by atoms with Crippen LogP contribution in [0.5, 0.6) is 11.8 Å². The van der Waals surface area contributed by atoms with Crippen molar-refractivity contribution >= 4 is 21.9 Å². The van der Waals surface area contributed by atoms with Crippen molar-refractivity contribution < 1.29 is 31.8 Å². The summed E-state index contributed by atoms with van der Waals surface area (Å²) in [6.07, 6.45) is 4.09. The molecule has 39 heavy (non-hydrogen) atoms. The van der Waals surface area contributed by atoms with E-state index in [1.165, 1.54) is 32.2 Å². The van der Waals surface area contributed by atoms with Gasteiger partial charge in [-0.05, 0) is 19.3 Å². The first kappa shape index (κ1) is 26.9. The summed E-state index contributed by atoms with van der Waals surface area (Å²) in [7, 11) is 0.241. The molecule has 210 valence electrons. The van der Waals surface area contributed by atoms with E-state index in [2.05, 4.69) is 34.9 Å². The molecule has 3 aromatic heterocycles. The molecular weight excluding hydrogens is 537 g/mol. The second-order valence-corrected chi connectivity index (χ2v) is 10.9. The molecule has 0 saturated carbocycles. The number of hydrogen-bond acceptors (Lipinski definition) is 13. The third-order valence-electron chi connectivity index (χ3n) is 6.54.